The summed E-state index contributed by atoms with van der Waals surface area (Å²) in [5.74, 6) is 0. The van der Waals surface area contributed by atoms with Crippen molar-refractivity contribution in [3.8, 4) is 17.2 Å². The summed E-state index contributed by atoms with van der Waals surface area (Å²) in [6.45, 7) is 1.60. The van der Waals surface area contributed by atoms with Gasteiger partial charge in [0.25, 0.3) is 5.56 Å². The fraction of sp³-hybridized carbons (Fsp3) is 0.143. The van der Waals surface area contributed by atoms with Gasteiger partial charge in [0.15, 0.2) is 0 Å². The van der Waals surface area contributed by atoms with Crippen LogP contribution in [0.3, 0.4) is 0 Å². The van der Waals surface area contributed by atoms with E-state index in [9.17, 15) is 18.0 Å². The van der Waals surface area contributed by atoms with E-state index < -0.39 is 17.3 Å². The van der Waals surface area contributed by atoms with E-state index in [0.29, 0.717) is 9.26 Å². The van der Waals surface area contributed by atoms with Crippen LogP contribution in [-0.2, 0) is 6.18 Å². The summed E-state index contributed by atoms with van der Waals surface area (Å²) in [5.41, 5.74) is -0.731. The molecule has 0 saturated carbocycles. The van der Waals surface area contributed by atoms with Crippen molar-refractivity contribution >= 4 is 22.6 Å². The topological polar surface area (TPSA) is 56.6 Å². The molecule has 0 radical (unpaired) electrons. The first-order chi connectivity index (χ1) is 9.74. The van der Waals surface area contributed by atoms with Crippen LogP contribution >= 0.6 is 22.6 Å². The molecule has 2 rings (SSSR count). The minimum atomic E-state index is -4.48. The molecule has 108 valence electrons. The number of aromatic nitrogens is 1. The monoisotopic (exact) mass is 404 g/mol. The van der Waals surface area contributed by atoms with E-state index >= 15 is 0 Å². The first kappa shape index (κ1) is 15.6. The average Bonchev–Trinajstić information content (AvgIpc) is 2.37. The summed E-state index contributed by atoms with van der Waals surface area (Å²) in [5, 5.41) is 9.08. The van der Waals surface area contributed by atoms with Crippen molar-refractivity contribution in [2.45, 2.75) is 13.1 Å². The smallest absolute Gasteiger partial charge is 0.325 e. The molecule has 0 aliphatic rings. The Morgan fingerprint density at radius 1 is 1.24 bits per heavy atom. The number of aromatic amines is 1. The zero-order chi connectivity index (χ0) is 15.8. The summed E-state index contributed by atoms with van der Waals surface area (Å²) >= 11 is 1.88. The number of pyridine rings is 1. The predicted molar refractivity (Wildman–Crippen MR) is 79.7 cm³/mol. The normalized spacial score (nSPS) is 11.2. The number of hydrogen-bond acceptors (Lipinski definition) is 2. The molecular formula is C14H8F3IN2O. The Labute approximate surface area is 131 Å². The molecule has 1 aromatic heterocycles. The lowest BCUT2D eigenvalue weighted by Crippen LogP contribution is -2.13. The van der Waals surface area contributed by atoms with Crippen LogP contribution in [0.1, 0.15) is 16.8 Å². The molecule has 0 fully saturated rings. The molecule has 1 heterocycles. The molecule has 0 spiro atoms. The summed E-state index contributed by atoms with van der Waals surface area (Å²) in [7, 11) is 0. The van der Waals surface area contributed by atoms with Gasteiger partial charge in [-0.2, -0.15) is 18.4 Å². The van der Waals surface area contributed by atoms with Gasteiger partial charge >= 0.3 is 6.18 Å². The average molecular weight is 404 g/mol. The number of benzene rings is 1. The molecule has 0 atom stereocenters. The van der Waals surface area contributed by atoms with Gasteiger partial charge in [-0.15, -0.1) is 0 Å². The summed E-state index contributed by atoms with van der Waals surface area (Å²) in [4.78, 5) is 14.2. The molecule has 7 heteroatoms. The number of aryl methyl sites for hydroxylation is 1. The molecule has 0 aliphatic carbocycles. The number of nitrogens with zero attached hydrogens (tertiary/aromatic N) is 1. The van der Waals surface area contributed by atoms with Crippen LogP contribution in [0.5, 0.6) is 0 Å². The number of rotatable bonds is 1. The van der Waals surface area contributed by atoms with E-state index in [-0.39, 0.29) is 16.7 Å². The predicted octanol–water partition coefficient (Wildman–Crippen LogP) is 3.85. The second kappa shape index (κ2) is 5.52. The van der Waals surface area contributed by atoms with Gasteiger partial charge in [0, 0.05) is 14.8 Å². The summed E-state index contributed by atoms with van der Waals surface area (Å²) in [6, 6.07) is 6.48. The minimum absolute atomic E-state index is 0.196. The lowest BCUT2D eigenvalue weighted by atomic mass is 9.99. The zero-order valence-electron chi connectivity index (χ0n) is 10.7. The fourth-order valence-electron chi connectivity index (χ4n) is 1.92. The van der Waals surface area contributed by atoms with Gasteiger partial charge in [-0.1, -0.05) is 0 Å². The van der Waals surface area contributed by atoms with Crippen LogP contribution in [0.15, 0.2) is 29.1 Å². The quantitative estimate of drug-likeness (QED) is 0.735. The van der Waals surface area contributed by atoms with Crippen molar-refractivity contribution in [3.63, 3.8) is 0 Å². The van der Waals surface area contributed by atoms with Crippen molar-refractivity contribution in [2.75, 3.05) is 0 Å². The van der Waals surface area contributed by atoms with E-state index in [1.54, 1.807) is 13.0 Å². The van der Waals surface area contributed by atoms with Crippen molar-refractivity contribution in [1.29, 1.82) is 5.26 Å². The molecule has 0 saturated heterocycles. The molecule has 0 aliphatic heterocycles. The summed E-state index contributed by atoms with van der Waals surface area (Å²) in [6.07, 6.45) is -4.48. The van der Waals surface area contributed by atoms with Crippen molar-refractivity contribution in [1.82, 2.24) is 4.98 Å². The number of nitrogens with one attached hydrogen (secondary N) is 1. The van der Waals surface area contributed by atoms with Crippen LogP contribution < -0.4 is 5.56 Å². The molecule has 0 unspecified atom stereocenters. The molecular weight excluding hydrogens is 396 g/mol. The molecule has 2 aromatic rings. The fourth-order valence-corrected chi connectivity index (χ4v) is 2.55. The van der Waals surface area contributed by atoms with E-state index in [0.717, 1.165) is 12.1 Å². The first-order valence-electron chi connectivity index (χ1n) is 5.75. The Morgan fingerprint density at radius 2 is 1.90 bits per heavy atom. The molecule has 3 nitrogen and oxygen atoms in total. The third-order valence-electron chi connectivity index (χ3n) is 2.86. The summed E-state index contributed by atoms with van der Waals surface area (Å²) < 4.78 is 39.0. The van der Waals surface area contributed by atoms with Gasteiger partial charge in [0.1, 0.15) is 11.6 Å². The van der Waals surface area contributed by atoms with Crippen LogP contribution in [0.25, 0.3) is 11.1 Å². The van der Waals surface area contributed by atoms with Crippen LogP contribution in [0.4, 0.5) is 13.2 Å². The number of halogens is 4. The third-order valence-corrected chi connectivity index (χ3v) is 3.80. The maximum atomic E-state index is 12.8. The SMILES string of the molecule is Cc1cc(-c2cc(C(F)(F)F)ccc2I)c(C#N)c(=O)[nH]1. The van der Waals surface area contributed by atoms with Crippen molar-refractivity contribution < 1.29 is 13.2 Å². The molecule has 21 heavy (non-hydrogen) atoms. The largest absolute Gasteiger partial charge is 0.416 e. The van der Waals surface area contributed by atoms with Crippen molar-refractivity contribution in [3.05, 3.63) is 55.0 Å². The Hall–Kier alpha value is -1.82. The Morgan fingerprint density at radius 3 is 2.48 bits per heavy atom. The second-order valence-electron chi connectivity index (χ2n) is 4.37. The molecule has 1 aromatic carbocycles. The first-order valence-corrected chi connectivity index (χ1v) is 6.83. The maximum Gasteiger partial charge on any atom is 0.416 e. The van der Waals surface area contributed by atoms with E-state index in [1.165, 1.54) is 12.1 Å². The number of H-pyrrole nitrogens is 1. The maximum absolute atomic E-state index is 12.8. The standard InChI is InChI=1S/C14H8F3IN2O/c1-7-4-9(11(6-19)13(21)20-7)10-5-8(14(15,16)17)2-3-12(10)18/h2-5H,1H3,(H,20,21). The number of nitriles is 1. The van der Waals surface area contributed by atoms with Crippen LogP contribution in [-0.4, -0.2) is 4.98 Å². The lowest BCUT2D eigenvalue weighted by Gasteiger charge is -2.12. The van der Waals surface area contributed by atoms with Gasteiger partial charge in [0.05, 0.1) is 5.56 Å². The van der Waals surface area contributed by atoms with Gasteiger partial charge in [-0.25, -0.2) is 0 Å². The van der Waals surface area contributed by atoms with Gasteiger partial charge in [-0.3, -0.25) is 4.79 Å². The third kappa shape index (κ3) is 3.10. The van der Waals surface area contributed by atoms with Gasteiger partial charge in [-0.05, 0) is 59.3 Å². The molecule has 1 N–H and O–H groups in total. The van der Waals surface area contributed by atoms with E-state index in [4.69, 9.17) is 5.26 Å². The Kier molecular flexibility index (Phi) is 4.09. The Bertz CT molecular complexity index is 803. The highest BCUT2D eigenvalue weighted by Gasteiger charge is 2.31. The van der Waals surface area contributed by atoms with E-state index in [1.807, 2.05) is 22.6 Å². The van der Waals surface area contributed by atoms with Gasteiger partial charge in [0.2, 0.25) is 0 Å². The number of hydrogen-bond donors (Lipinski definition) is 1. The molecule has 0 amide bonds. The molecule has 0 bridgehead atoms. The number of alkyl halides is 3. The van der Waals surface area contributed by atoms with E-state index in [2.05, 4.69) is 4.98 Å². The highest BCUT2D eigenvalue weighted by atomic mass is 127. The van der Waals surface area contributed by atoms with Crippen LogP contribution in [0.2, 0.25) is 0 Å². The highest BCUT2D eigenvalue weighted by molar-refractivity contribution is 14.1. The highest BCUT2D eigenvalue weighted by Crippen LogP contribution is 2.35. The van der Waals surface area contributed by atoms with Crippen molar-refractivity contribution in [2.24, 2.45) is 0 Å². The zero-order valence-corrected chi connectivity index (χ0v) is 12.8. The Balaban J connectivity index is 2.79. The second-order valence-corrected chi connectivity index (χ2v) is 5.54. The minimum Gasteiger partial charge on any atom is -0.325 e. The van der Waals surface area contributed by atoms with Gasteiger partial charge < -0.3 is 4.98 Å². The lowest BCUT2D eigenvalue weighted by molar-refractivity contribution is -0.137. The van der Waals surface area contributed by atoms with Crippen LogP contribution in [0, 0.1) is 21.8 Å².